The van der Waals surface area contributed by atoms with Crippen LogP contribution in [0.3, 0.4) is 0 Å². The molecule has 0 radical (unpaired) electrons. The van der Waals surface area contributed by atoms with Gasteiger partial charge in [-0.15, -0.1) is 11.3 Å². The maximum Gasteiger partial charge on any atom is 0.0956 e. The molecule has 0 unspecified atom stereocenters. The van der Waals surface area contributed by atoms with Crippen molar-refractivity contribution in [3.05, 3.63) is 40.2 Å². The first-order valence-corrected chi connectivity index (χ1v) is 6.00. The number of nitrogens with two attached hydrogens (primary N) is 1. The average Bonchev–Trinajstić information content (AvgIpc) is 2.76. The summed E-state index contributed by atoms with van der Waals surface area (Å²) >= 11 is 1.64. The highest BCUT2D eigenvalue weighted by Gasteiger charge is 2.03. The molecule has 84 valence electrons. The number of aryl methyl sites for hydroxylation is 1. The highest BCUT2D eigenvalue weighted by atomic mass is 32.1. The molecule has 4 heteroatoms. The second-order valence-corrected chi connectivity index (χ2v) is 4.56. The van der Waals surface area contributed by atoms with Crippen LogP contribution in [0.15, 0.2) is 29.6 Å². The van der Waals surface area contributed by atoms with Gasteiger partial charge in [0.25, 0.3) is 0 Å². The van der Waals surface area contributed by atoms with E-state index >= 15 is 0 Å². The molecule has 1 aromatic carbocycles. The first kappa shape index (κ1) is 11.3. The molecule has 0 spiro atoms. The van der Waals surface area contributed by atoms with E-state index in [-0.39, 0.29) is 0 Å². The Morgan fingerprint density at radius 3 is 2.75 bits per heavy atom. The van der Waals surface area contributed by atoms with Crippen LogP contribution in [-0.4, -0.2) is 11.6 Å². The van der Waals surface area contributed by atoms with E-state index < -0.39 is 0 Å². The molecule has 0 saturated heterocycles. The van der Waals surface area contributed by atoms with Crippen LogP contribution in [0.1, 0.15) is 10.6 Å². The lowest BCUT2D eigenvalue weighted by Crippen LogP contribution is -2.03. The van der Waals surface area contributed by atoms with E-state index in [1.165, 1.54) is 5.56 Å². The van der Waals surface area contributed by atoms with E-state index in [2.05, 4.69) is 46.4 Å². The minimum absolute atomic E-state index is 0.515. The summed E-state index contributed by atoms with van der Waals surface area (Å²) in [4.78, 5) is 9.07. The predicted molar refractivity (Wildman–Crippen MR) is 66.1 cm³/mol. The first-order valence-electron chi connectivity index (χ1n) is 5.13. The maximum absolute atomic E-state index is 4.99. The summed E-state index contributed by atoms with van der Waals surface area (Å²) in [6.07, 6.45) is 0.771. The fraction of sp³-hybridized carbons (Fsp3) is 0.250. The van der Waals surface area contributed by atoms with E-state index in [4.69, 9.17) is 5.90 Å². The highest BCUT2D eigenvalue weighted by molar-refractivity contribution is 7.09. The summed E-state index contributed by atoms with van der Waals surface area (Å²) in [5.41, 5.74) is 3.44. The lowest BCUT2D eigenvalue weighted by atomic mass is 10.1. The minimum atomic E-state index is 0.515. The Balaban J connectivity index is 2.15. The van der Waals surface area contributed by atoms with E-state index in [1.54, 1.807) is 11.3 Å². The summed E-state index contributed by atoms with van der Waals surface area (Å²) in [6.45, 7) is 2.59. The Morgan fingerprint density at radius 2 is 2.06 bits per heavy atom. The third-order valence-corrected chi connectivity index (χ3v) is 3.24. The Morgan fingerprint density at radius 1 is 1.31 bits per heavy atom. The second kappa shape index (κ2) is 5.21. The molecule has 0 fully saturated rings. The molecule has 0 amide bonds. The fourth-order valence-electron chi connectivity index (χ4n) is 1.43. The largest absolute Gasteiger partial charge is 0.304 e. The van der Waals surface area contributed by atoms with E-state index in [0.29, 0.717) is 6.61 Å². The molecule has 16 heavy (non-hydrogen) atoms. The van der Waals surface area contributed by atoms with Crippen LogP contribution in [0.5, 0.6) is 0 Å². The van der Waals surface area contributed by atoms with Crippen LogP contribution in [0.25, 0.3) is 11.3 Å². The standard InChI is InChI=1S/C12H14N2OS/c1-9-2-4-10(5-3-9)11-8-16-12(14-11)6-7-15-13/h2-5,8H,6-7,13H2,1H3. The van der Waals surface area contributed by atoms with Gasteiger partial charge in [-0.3, -0.25) is 0 Å². The molecule has 2 rings (SSSR count). The minimum Gasteiger partial charge on any atom is -0.304 e. The van der Waals surface area contributed by atoms with Crippen LogP contribution in [0.4, 0.5) is 0 Å². The zero-order valence-corrected chi connectivity index (χ0v) is 9.96. The molecular weight excluding hydrogens is 220 g/mol. The van der Waals surface area contributed by atoms with Crippen molar-refractivity contribution in [1.82, 2.24) is 4.98 Å². The topological polar surface area (TPSA) is 48.1 Å². The van der Waals surface area contributed by atoms with Gasteiger partial charge in [0.15, 0.2) is 0 Å². The summed E-state index contributed by atoms with van der Waals surface area (Å²) in [6, 6.07) is 8.37. The van der Waals surface area contributed by atoms with Crippen LogP contribution >= 0.6 is 11.3 Å². The van der Waals surface area contributed by atoms with Gasteiger partial charge >= 0.3 is 0 Å². The number of benzene rings is 1. The van der Waals surface area contributed by atoms with Gasteiger partial charge in [0.2, 0.25) is 0 Å². The number of nitrogens with zero attached hydrogens (tertiary/aromatic N) is 1. The van der Waals surface area contributed by atoms with Gasteiger partial charge in [0, 0.05) is 17.4 Å². The monoisotopic (exact) mass is 234 g/mol. The van der Waals surface area contributed by atoms with Gasteiger partial charge < -0.3 is 4.84 Å². The zero-order chi connectivity index (χ0) is 11.4. The summed E-state index contributed by atoms with van der Waals surface area (Å²) in [5.74, 6) is 4.99. The fourth-order valence-corrected chi connectivity index (χ4v) is 2.22. The molecule has 0 saturated carbocycles. The van der Waals surface area contributed by atoms with E-state index in [1.807, 2.05) is 0 Å². The first-order chi connectivity index (χ1) is 7.79. The third-order valence-electron chi connectivity index (χ3n) is 2.33. The normalized spacial score (nSPS) is 10.6. The molecule has 0 aliphatic rings. The Bertz CT molecular complexity index is 450. The van der Waals surface area contributed by atoms with Crippen molar-refractivity contribution in [2.45, 2.75) is 13.3 Å². The summed E-state index contributed by atoms with van der Waals surface area (Å²) < 4.78 is 0. The molecular formula is C12H14N2OS. The molecule has 0 bridgehead atoms. The number of thiazole rings is 1. The maximum atomic E-state index is 4.99. The molecule has 1 heterocycles. The highest BCUT2D eigenvalue weighted by Crippen LogP contribution is 2.22. The van der Waals surface area contributed by atoms with Crippen LogP contribution in [0.2, 0.25) is 0 Å². The molecule has 1 aromatic heterocycles. The Kier molecular flexibility index (Phi) is 3.66. The molecule has 0 atom stereocenters. The van der Waals surface area contributed by atoms with Crippen molar-refractivity contribution < 1.29 is 4.84 Å². The van der Waals surface area contributed by atoms with Crippen molar-refractivity contribution in [2.24, 2.45) is 5.90 Å². The third kappa shape index (κ3) is 2.66. The molecule has 0 aliphatic carbocycles. The quantitative estimate of drug-likeness (QED) is 0.827. The summed E-state index contributed by atoms with van der Waals surface area (Å²) in [5, 5.41) is 3.12. The van der Waals surface area contributed by atoms with Crippen molar-refractivity contribution in [2.75, 3.05) is 6.61 Å². The van der Waals surface area contributed by atoms with Gasteiger partial charge in [0.1, 0.15) is 0 Å². The molecule has 3 nitrogen and oxygen atoms in total. The van der Waals surface area contributed by atoms with E-state index in [9.17, 15) is 0 Å². The lowest BCUT2D eigenvalue weighted by molar-refractivity contribution is 0.141. The van der Waals surface area contributed by atoms with Crippen LogP contribution in [0, 0.1) is 6.92 Å². The molecule has 2 aromatic rings. The van der Waals surface area contributed by atoms with Gasteiger partial charge in [-0.2, -0.15) is 0 Å². The van der Waals surface area contributed by atoms with E-state index in [0.717, 1.165) is 22.7 Å². The van der Waals surface area contributed by atoms with Crippen molar-refractivity contribution in [3.8, 4) is 11.3 Å². The molecule has 2 N–H and O–H groups in total. The smallest absolute Gasteiger partial charge is 0.0956 e. The van der Waals surface area contributed by atoms with Crippen molar-refractivity contribution >= 4 is 11.3 Å². The second-order valence-electron chi connectivity index (χ2n) is 3.61. The SMILES string of the molecule is Cc1ccc(-c2csc(CCON)n2)cc1. The van der Waals surface area contributed by atoms with Gasteiger partial charge in [-0.1, -0.05) is 29.8 Å². The predicted octanol–water partition coefficient (Wildman–Crippen LogP) is 2.55. The van der Waals surface area contributed by atoms with Gasteiger partial charge in [-0.05, 0) is 6.92 Å². The Labute approximate surface area is 98.9 Å². The van der Waals surface area contributed by atoms with Crippen molar-refractivity contribution in [1.29, 1.82) is 0 Å². The average molecular weight is 234 g/mol. The van der Waals surface area contributed by atoms with Crippen LogP contribution in [-0.2, 0) is 11.3 Å². The van der Waals surface area contributed by atoms with Gasteiger partial charge in [0.05, 0.1) is 17.3 Å². The number of hydrogen-bond donors (Lipinski definition) is 1. The molecule has 0 aliphatic heterocycles. The number of hydrogen-bond acceptors (Lipinski definition) is 4. The number of rotatable bonds is 4. The zero-order valence-electron chi connectivity index (χ0n) is 9.14. The summed E-state index contributed by atoms with van der Waals surface area (Å²) in [7, 11) is 0. The number of aromatic nitrogens is 1. The lowest BCUT2D eigenvalue weighted by Gasteiger charge is -1.97. The van der Waals surface area contributed by atoms with Gasteiger partial charge in [-0.25, -0.2) is 10.9 Å². The Hall–Kier alpha value is -1.23. The van der Waals surface area contributed by atoms with Crippen molar-refractivity contribution in [3.63, 3.8) is 0 Å². The van der Waals surface area contributed by atoms with Crippen LogP contribution < -0.4 is 5.90 Å².